The maximum absolute atomic E-state index is 11.6. The summed E-state index contributed by atoms with van der Waals surface area (Å²) < 4.78 is 10.4. The number of allylic oxidation sites excluding steroid dienone is 2. The van der Waals surface area contributed by atoms with E-state index in [0.717, 1.165) is 5.57 Å². The van der Waals surface area contributed by atoms with Crippen molar-refractivity contribution in [2.45, 2.75) is 20.3 Å². The molecule has 0 bridgehead atoms. The van der Waals surface area contributed by atoms with Gasteiger partial charge in [0, 0.05) is 11.6 Å². The van der Waals surface area contributed by atoms with Crippen LogP contribution in [0.25, 0.3) is 11.6 Å². The summed E-state index contributed by atoms with van der Waals surface area (Å²) in [7, 11) is 1.48. The first-order valence-corrected chi connectivity index (χ1v) is 7.30. The molecule has 0 spiro atoms. The van der Waals surface area contributed by atoms with Crippen molar-refractivity contribution in [3.8, 4) is 11.5 Å². The van der Waals surface area contributed by atoms with Crippen LogP contribution in [0.15, 0.2) is 40.7 Å². The number of hydrogen-bond acceptors (Lipinski definition) is 5. The molecule has 0 aliphatic rings. The van der Waals surface area contributed by atoms with Crippen molar-refractivity contribution < 1.29 is 24.2 Å². The molecule has 2 rings (SSSR count). The van der Waals surface area contributed by atoms with E-state index in [4.69, 9.17) is 9.15 Å². The Morgan fingerprint density at radius 1 is 1.38 bits per heavy atom. The molecule has 1 aromatic heterocycles. The molecule has 6 heteroatoms. The van der Waals surface area contributed by atoms with Gasteiger partial charge in [-0.15, -0.1) is 0 Å². The van der Waals surface area contributed by atoms with Gasteiger partial charge in [0.15, 0.2) is 0 Å². The number of methoxy groups -OCH3 is 1. The lowest BCUT2D eigenvalue weighted by Gasteiger charge is -2.12. The lowest BCUT2D eigenvalue weighted by Crippen LogP contribution is -2.02. The van der Waals surface area contributed by atoms with Crippen LogP contribution >= 0.6 is 0 Å². The van der Waals surface area contributed by atoms with E-state index in [1.807, 2.05) is 19.9 Å². The highest BCUT2D eigenvalue weighted by atomic mass is 16.5. The Morgan fingerprint density at radius 2 is 2.12 bits per heavy atom. The van der Waals surface area contributed by atoms with Gasteiger partial charge < -0.3 is 19.4 Å². The Bertz CT molecular complexity index is 784. The largest absolute Gasteiger partial charge is 0.507 e. The summed E-state index contributed by atoms with van der Waals surface area (Å²) in [6.45, 7) is 3.92. The van der Waals surface area contributed by atoms with Crippen molar-refractivity contribution in [2.24, 2.45) is 0 Å². The number of carboxylic acid groups (broad SMARTS) is 1. The van der Waals surface area contributed by atoms with Crippen molar-refractivity contribution >= 4 is 17.6 Å². The number of nitrogens with zero attached hydrogens (tertiary/aromatic N) is 1. The number of aliphatic carboxylic acids is 1. The average molecular weight is 329 g/mol. The van der Waals surface area contributed by atoms with Gasteiger partial charge in [-0.2, -0.15) is 0 Å². The van der Waals surface area contributed by atoms with E-state index in [0.29, 0.717) is 23.3 Å². The van der Waals surface area contributed by atoms with Crippen LogP contribution in [0, 0.1) is 0 Å². The third kappa shape index (κ3) is 4.04. The fourth-order valence-electron chi connectivity index (χ4n) is 2.18. The second kappa shape index (κ2) is 7.50. The highest BCUT2D eigenvalue weighted by Crippen LogP contribution is 2.34. The maximum atomic E-state index is 11.6. The zero-order chi connectivity index (χ0) is 17.7. The van der Waals surface area contributed by atoms with Gasteiger partial charge in [-0.3, -0.25) is 0 Å². The van der Waals surface area contributed by atoms with Crippen LogP contribution in [0.1, 0.15) is 30.9 Å². The molecule has 2 N–H and O–H groups in total. The number of carbonyl (C=O) groups is 1. The van der Waals surface area contributed by atoms with E-state index in [9.17, 15) is 15.0 Å². The third-order valence-corrected chi connectivity index (χ3v) is 3.38. The Balaban J connectivity index is 2.52. The van der Waals surface area contributed by atoms with Crippen LogP contribution in [-0.2, 0) is 11.2 Å². The van der Waals surface area contributed by atoms with E-state index in [1.54, 1.807) is 6.07 Å². The smallest absolute Gasteiger partial charge is 0.336 e. The Labute approximate surface area is 139 Å². The molecule has 0 saturated carbocycles. The molecule has 0 aliphatic carbocycles. The molecule has 6 nitrogen and oxygen atoms in total. The van der Waals surface area contributed by atoms with E-state index >= 15 is 0 Å². The quantitative estimate of drug-likeness (QED) is 0.622. The van der Waals surface area contributed by atoms with Gasteiger partial charge in [-0.05, 0) is 38.0 Å². The predicted octanol–water partition coefficient (Wildman–Crippen LogP) is 3.52. The van der Waals surface area contributed by atoms with Gasteiger partial charge in [0.05, 0.1) is 18.9 Å². The molecule has 0 amide bonds. The molecule has 0 aliphatic heterocycles. The Hall–Kier alpha value is -3.02. The zero-order valence-electron chi connectivity index (χ0n) is 13.7. The summed E-state index contributed by atoms with van der Waals surface area (Å²) in [6, 6.07) is 2.98. The van der Waals surface area contributed by atoms with E-state index in [2.05, 4.69) is 4.98 Å². The third-order valence-electron chi connectivity index (χ3n) is 3.38. The average Bonchev–Trinajstić information content (AvgIpc) is 3.03. The molecular formula is C18H19NO5. The fourth-order valence-corrected chi connectivity index (χ4v) is 2.18. The molecule has 126 valence electrons. The minimum atomic E-state index is -1.16. The van der Waals surface area contributed by atoms with Crippen LogP contribution in [0.2, 0.25) is 0 Å². The Morgan fingerprint density at radius 3 is 2.67 bits per heavy atom. The number of ether oxygens (including phenoxy) is 1. The Kier molecular flexibility index (Phi) is 5.42. The minimum absolute atomic E-state index is 0.0265. The van der Waals surface area contributed by atoms with Gasteiger partial charge in [0.1, 0.15) is 17.8 Å². The number of aromatic nitrogens is 1. The normalized spacial score (nSPS) is 11.2. The van der Waals surface area contributed by atoms with Crippen LogP contribution < -0.4 is 4.74 Å². The van der Waals surface area contributed by atoms with E-state index in [-0.39, 0.29) is 17.2 Å². The van der Waals surface area contributed by atoms with Crippen LogP contribution in [0.3, 0.4) is 0 Å². The lowest BCUT2D eigenvalue weighted by atomic mass is 9.99. The van der Waals surface area contributed by atoms with Crippen LogP contribution in [0.5, 0.6) is 11.5 Å². The highest BCUT2D eigenvalue weighted by molar-refractivity contribution is 6.20. The molecule has 24 heavy (non-hydrogen) atoms. The van der Waals surface area contributed by atoms with Crippen LogP contribution in [0.4, 0.5) is 0 Å². The van der Waals surface area contributed by atoms with Crippen molar-refractivity contribution in [1.82, 2.24) is 4.98 Å². The zero-order valence-corrected chi connectivity index (χ0v) is 13.7. The number of phenolic OH excluding ortho intramolecular Hbond substituents is 1. The first-order valence-electron chi connectivity index (χ1n) is 7.30. The molecule has 2 aromatic rings. The number of benzene rings is 1. The second-order valence-electron chi connectivity index (χ2n) is 5.40. The predicted molar refractivity (Wildman–Crippen MR) is 89.8 cm³/mol. The second-order valence-corrected chi connectivity index (χ2v) is 5.40. The molecule has 0 atom stereocenters. The first kappa shape index (κ1) is 17.3. The molecule has 0 fully saturated rings. The van der Waals surface area contributed by atoms with E-state index in [1.165, 1.54) is 31.7 Å². The van der Waals surface area contributed by atoms with E-state index < -0.39 is 5.97 Å². The number of rotatable bonds is 6. The fraction of sp³-hybridized carbons (Fsp3) is 0.222. The topological polar surface area (TPSA) is 92.8 Å². The molecule has 0 radical (unpaired) electrons. The van der Waals surface area contributed by atoms with Gasteiger partial charge in [0.2, 0.25) is 5.89 Å². The summed E-state index contributed by atoms with van der Waals surface area (Å²) in [5.74, 6) is -0.602. The number of phenols is 1. The number of oxazole rings is 1. The summed E-state index contributed by atoms with van der Waals surface area (Å²) in [6.07, 6.45) is 6.52. The first-order chi connectivity index (χ1) is 11.4. The van der Waals surface area contributed by atoms with Gasteiger partial charge in [0.25, 0.3) is 0 Å². The van der Waals surface area contributed by atoms with Crippen molar-refractivity contribution in [3.05, 3.63) is 53.3 Å². The maximum Gasteiger partial charge on any atom is 0.336 e. The summed E-state index contributed by atoms with van der Waals surface area (Å²) in [5, 5.41) is 19.8. The molecule has 0 unspecified atom stereocenters. The van der Waals surface area contributed by atoms with Crippen LogP contribution in [-0.4, -0.2) is 28.3 Å². The molecule has 1 aromatic carbocycles. The lowest BCUT2D eigenvalue weighted by molar-refractivity contribution is -0.130. The molecular weight excluding hydrogens is 310 g/mol. The highest BCUT2D eigenvalue weighted by Gasteiger charge is 2.17. The number of aromatic hydroxyl groups is 1. The number of carboxylic acids is 1. The molecule has 0 saturated heterocycles. The van der Waals surface area contributed by atoms with Gasteiger partial charge in [-0.25, -0.2) is 9.78 Å². The monoisotopic (exact) mass is 329 g/mol. The summed E-state index contributed by atoms with van der Waals surface area (Å²) in [5.41, 5.74) is 1.95. The van der Waals surface area contributed by atoms with Crippen molar-refractivity contribution in [2.75, 3.05) is 7.11 Å². The summed E-state index contributed by atoms with van der Waals surface area (Å²) >= 11 is 0. The number of hydrogen-bond donors (Lipinski definition) is 2. The van der Waals surface area contributed by atoms with Crippen molar-refractivity contribution in [1.29, 1.82) is 0 Å². The SMILES string of the molecule is COc1cc(/C(=C\c2ncco2)C(=O)O)cc(O)c1CC=C(C)C. The standard InChI is InChI=1S/C18H19NO5/c1-11(2)4-5-13-15(20)8-12(9-16(13)23-3)14(18(21)22)10-17-19-6-7-24-17/h4,6-10,20H,5H2,1-3H3,(H,21,22)/b14-10+. The minimum Gasteiger partial charge on any atom is -0.507 e. The molecule has 1 heterocycles. The van der Waals surface area contributed by atoms with Gasteiger partial charge in [-0.1, -0.05) is 11.6 Å². The van der Waals surface area contributed by atoms with Crippen molar-refractivity contribution in [3.63, 3.8) is 0 Å². The summed E-state index contributed by atoms with van der Waals surface area (Å²) in [4.78, 5) is 15.5. The van der Waals surface area contributed by atoms with Gasteiger partial charge >= 0.3 is 5.97 Å².